The van der Waals surface area contributed by atoms with Crippen LogP contribution >= 0.6 is 0 Å². The molecule has 2 aromatic carbocycles. The molecule has 0 saturated heterocycles. The maximum Gasteiger partial charge on any atom is 0.573 e. The number of alkyl halides is 3. The highest BCUT2D eigenvalue weighted by molar-refractivity contribution is 6.04. The van der Waals surface area contributed by atoms with Crippen LogP contribution in [0.4, 0.5) is 13.2 Å². The normalized spacial score (nSPS) is 27.4. The SMILES string of the molecule is O=C(N[C@H](C(=O)O)C12CC3CC(CC(O)(C3)C1)C2)c1ccc2cccnc2c1OCc1ccc(OC(F)(F)F)cc1. The number of carboxylic acid groups (broad SMARTS) is 1. The Morgan fingerprint density at radius 2 is 1.76 bits per heavy atom. The van der Waals surface area contributed by atoms with Crippen LogP contribution in [-0.4, -0.2) is 45.1 Å². The summed E-state index contributed by atoms with van der Waals surface area (Å²) in [5.41, 5.74) is -0.652. The predicted molar refractivity (Wildman–Crippen MR) is 140 cm³/mol. The molecule has 1 amide bonds. The van der Waals surface area contributed by atoms with Gasteiger partial charge in [0.2, 0.25) is 0 Å². The molecule has 0 spiro atoms. The number of carboxylic acids is 1. The zero-order valence-electron chi connectivity index (χ0n) is 22.0. The Hall–Kier alpha value is -3.86. The first-order chi connectivity index (χ1) is 19.4. The second kappa shape index (κ2) is 9.90. The minimum absolute atomic E-state index is 0.0860. The zero-order valence-corrected chi connectivity index (χ0v) is 22.0. The maximum absolute atomic E-state index is 13.7. The summed E-state index contributed by atoms with van der Waals surface area (Å²) in [5, 5.41) is 24.9. The summed E-state index contributed by atoms with van der Waals surface area (Å²) in [6.45, 7) is -0.0923. The van der Waals surface area contributed by atoms with Crippen LogP contribution < -0.4 is 14.8 Å². The van der Waals surface area contributed by atoms with E-state index in [9.17, 15) is 33.0 Å². The van der Waals surface area contributed by atoms with E-state index in [1.807, 2.05) is 0 Å². The number of amides is 1. The molecular weight excluding hydrogens is 541 g/mol. The van der Waals surface area contributed by atoms with E-state index >= 15 is 0 Å². The van der Waals surface area contributed by atoms with Crippen molar-refractivity contribution in [3.8, 4) is 11.5 Å². The van der Waals surface area contributed by atoms with Crippen molar-refractivity contribution in [3.05, 3.63) is 65.9 Å². The van der Waals surface area contributed by atoms with Gasteiger partial charge < -0.3 is 25.0 Å². The average molecular weight is 571 g/mol. The van der Waals surface area contributed by atoms with Crippen molar-refractivity contribution in [2.75, 3.05) is 0 Å². The van der Waals surface area contributed by atoms with Crippen LogP contribution in [0.3, 0.4) is 0 Å². The number of aliphatic carboxylic acids is 1. The number of pyridine rings is 1. The molecule has 4 saturated carbocycles. The molecule has 216 valence electrons. The molecule has 3 aromatic rings. The number of carbonyl (C=O) groups excluding carboxylic acids is 1. The number of halogens is 3. The lowest BCUT2D eigenvalue weighted by molar-refractivity contribution is -0.274. The first-order valence-electron chi connectivity index (χ1n) is 13.5. The summed E-state index contributed by atoms with van der Waals surface area (Å²) in [4.78, 5) is 30.7. The lowest BCUT2D eigenvalue weighted by atomic mass is 9.46. The summed E-state index contributed by atoms with van der Waals surface area (Å²) in [6, 6.07) is 10.7. The monoisotopic (exact) mass is 570 g/mol. The Morgan fingerprint density at radius 1 is 1.05 bits per heavy atom. The highest BCUT2D eigenvalue weighted by Gasteiger charge is 2.61. The van der Waals surface area contributed by atoms with Gasteiger partial charge in [0, 0.05) is 17.0 Å². The van der Waals surface area contributed by atoms with E-state index in [1.54, 1.807) is 24.3 Å². The molecular formula is C30H29F3N2O6. The van der Waals surface area contributed by atoms with Gasteiger partial charge in [0.05, 0.1) is 11.2 Å². The summed E-state index contributed by atoms with van der Waals surface area (Å²) >= 11 is 0. The van der Waals surface area contributed by atoms with Crippen LogP contribution in [0.2, 0.25) is 0 Å². The number of nitrogens with one attached hydrogen (secondary N) is 1. The minimum atomic E-state index is -4.81. The third-order valence-corrected chi connectivity index (χ3v) is 8.72. The van der Waals surface area contributed by atoms with E-state index in [0.29, 0.717) is 48.6 Å². The van der Waals surface area contributed by atoms with Crippen LogP contribution in [0, 0.1) is 17.3 Å². The number of hydrogen-bond donors (Lipinski definition) is 3. The molecule has 1 aromatic heterocycles. The highest BCUT2D eigenvalue weighted by atomic mass is 19.4. The molecule has 4 aliphatic rings. The smallest absolute Gasteiger partial charge is 0.486 e. The molecule has 3 atom stereocenters. The molecule has 4 bridgehead atoms. The van der Waals surface area contributed by atoms with Gasteiger partial charge in [-0.05, 0) is 80.2 Å². The first-order valence-corrected chi connectivity index (χ1v) is 13.5. The fraction of sp³-hybridized carbons (Fsp3) is 0.433. The number of fused-ring (bicyclic) bond motifs is 1. The fourth-order valence-corrected chi connectivity index (χ4v) is 7.69. The number of benzene rings is 2. The van der Waals surface area contributed by atoms with Crippen molar-refractivity contribution < 1.29 is 42.4 Å². The highest BCUT2D eigenvalue weighted by Crippen LogP contribution is 2.62. The van der Waals surface area contributed by atoms with E-state index in [-0.39, 0.29) is 35.5 Å². The van der Waals surface area contributed by atoms with Gasteiger partial charge in [-0.15, -0.1) is 13.2 Å². The minimum Gasteiger partial charge on any atom is -0.486 e. The standard InChI is InChI=1S/C30H29F3N2O6/c31-30(32,33)41-21-6-3-17(4-7-21)15-40-24-22(8-5-20-2-1-9-34-23(20)24)26(36)35-25(27(37)38)28-11-18-10-19(12-28)14-29(39,13-18)16-28/h1-9,18-19,25,39H,10-16H2,(H,35,36)(H,37,38)/t18?,19?,25-,28?,29?/m1/s1. The van der Waals surface area contributed by atoms with E-state index < -0.39 is 35.3 Å². The molecule has 11 heteroatoms. The van der Waals surface area contributed by atoms with Gasteiger partial charge in [-0.25, -0.2) is 4.79 Å². The van der Waals surface area contributed by atoms with Crippen LogP contribution in [0.15, 0.2) is 54.7 Å². The molecule has 2 unspecified atom stereocenters. The molecule has 4 aliphatic carbocycles. The Kier molecular flexibility index (Phi) is 6.60. The molecule has 3 N–H and O–H groups in total. The lowest BCUT2D eigenvalue weighted by Crippen LogP contribution is -2.64. The number of aromatic nitrogens is 1. The van der Waals surface area contributed by atoms with E-state index in [1.165, 1.54) is 18.3 Å². The van der Waals surface area contributed by atoms with Crippen molar-refractivity contribution in [1.29, 1.82) is 0 Å². The molecule has 4 fully saturated rings. The van der Waals surface area contributed by atoms with Crippen LogP contribution in [0.25, 0.3) is 10.9 Å². The van der Waals surface area contributed by atoms with E-state index in [4.69, 9.17) is 4.74 Å². The van der Waals surface area contributed by atoms with Gasteiger partial charge in [0.1, 0.15) is 23.9 Å². The first kappa shape index (κ1) is 27.3. The van der Waals surface area contributed by atoms with Crippen molar-refractivity contribution in [3.63, 3.8) is 0 Å². The Bertz CT molecular complexity index is 1480. The van der Waals surface area contributed by atoms with Crippen molar-refractivity contribution in [2.45, 2.75) is 63.1 Å². The largest absolute Gasteiger partial charge is 0.573 e. The summed E-state index contributed by atoms with van der Waals surface area (Å²) in [6.07, 6.45) is 0.654. The summed E-state index contributed by atoms with van der Waals surface area (Å²) in [7, 11) is 0. The Balaban J connectivity index is 1.27. The van der Waals surface area contributed by atoms with Crippen molar-refractivity contribution >= 4 is 22.8 Å². The molecule has 41 heavy (non-hydrogen) atoms. The van der Waals surface area contributed by atoms with Crippen molar-refractivity contribution in [2.24, 2.45) is 17.3 Å². The summed E-state index contributed by atoms with van der Waals surface area (Å²) < 4.78 is 47.5. The number of aliphatic hydroxyl groups is 1. The van der Waals surface area contributed by atoms with Gasteiger partial charge in [-0.3, -0.25) is 9.78 Å². The second-order valence-corrected chi connectivity index (χ2v) is 11.8. The molecule has 0 radical (unpaired) electrons. The third kappa shape index (κ3) is 5.42. The van der Waals surface area contributed by atoms with E-state index in [0.717, 1.165) is 18.6 Å². The van der Waals surface area contributed by atoms with Gasteiger partial charge in [-0.1, -0.05) is 24.3 Å². The molecule has 0 aliphatic heterocycles. The Morgan fingerprint density at radius 3 is 2.39 bits per heavy atom. The van der Waals surface area contributed by atoms with Gasteiger partial charge in [0.15, 0.2) is 5.75 Å². The van der Waals surface area contributed by atoms with E-state index in [2.05, 4.69) is 15.0 Å². The third-order valence-electron chi connectivity index (χ3n) is 8.72. The van der Waals surface area contributed by atoms with Gasteiger partial charge >= 0.3 is 12.3 Å². The predicted octanol–water partition coefficient (Wildman–Crippen LogP) is 5.23. The molecule has 1 heterocycles. The maximum atomic E-state index is 13.7. The molecule has 7 rings (SSSR count). The summed E-state index contributed by atoms with van der Waals surface area (Å²) in [5.74, 6) is -1.57. The van der Waals surface area contributed by atoms with Crippen LogP contribution in [-0.2, 0) is 11.4 Å². The topological polar surface area (TPSA) is 118 Å². The quantitative estimate of drug-likeness (QED) is 0.340. The van der Waals surface area contributed by atoms with Crippen LogP contribution in [0.5, 0.6) is 11.5 Å². The molecule has 8 nitrogen and oxygen atoms in total. The number of hydrogen-bond acceptors (Lipinski definition) is 6. The fourth-order valence-electron chi connectivity index (χ4n) is 7.69. The average Bonchev–Trinajstić information content (AvgIpc) is 2.88. The second-order valence-electron chi connectivity index (χ2n) is 11.8. The lowest BCUT2D eigenvalue weighted by Gasteiger charge is -2.61. The number of rotatable bonds is 8. The van der Waals surface area contributed by atoms with Gasteiger partial charge in [-0.2, -0.15) is 0 Å². The number of ether oxygens (including phenoxy) is 2. The van der Waals surface area contributed by atoms with Gasteiger partial charge in [0.25, 0.3) is 5.91 Å². The number of carbonyl (C=O) groups is 2. The van der Waals surface area contributed by atoms with Crippen LogP contribution in [0.1, 0.15) is 54.4 Å². The zero-order chi connectivity index (χ0) is 29.0. The Labute approximate surface area is 233 Å². The van der Waals surface area contributed by atoms with Crippen molar-refractivity contribution in [1.82, 2.24) is 10.3 Å². The number of nitrogens with zero attached hydrogens (tertiary/aromatic N) is 1.